The second kappa shape index (κ2) is 4.99. The van der Waals surface area contributed by atoms with Gasteiger partial charge in [-0.2, -0.15) is 0 Å². The number of halogens is 1. The second-order valence-electron chi connectivity index (χ2n) is 5.24. The van der Waals surface area contributed by atoms with Crippen LogP contribution < -0.4 is 4.90 Å². The molecule has 1 saturated heterocycles. The summed E-state index contributed by atoms with van der Waals surface area (Å²) in [6, 6.07) is 6.24. The topological polar surface area (TPSA) is 23.5 Å². The Labute approximate surface area is 112 Å². The molecule has 17 heavy (non-hydrogen) atoms. The number of anilines is 1. The van der Waals surface area contributed by atoms with E-state index in [1.165, 1.54) is 5.69 Å². The largest absolute Gasteiger partial charge is 0.389 e. The van der Waals surface area contributed by atoms with E-state index in [4.69, 9.17) is 0 Å². The van der Waals surface area contributed by atoms with Gasteiger partial charge >= 0.3 is 0 Å². The van der Waals surface area contributed by atoms with Gasteiger partial charge in [0.1, 0.15) is 0 Å². The number of hydrogen-bond acceptors (Lipinski definition) is 2. The number of aliphatic hydroxyl groups is 1. The minimum absolute atomic E-state index is 0.421. The monoisotopic (exact) mass is 297 g/mol. The van der Waals surface area contributed by atoms with Crippen molar-refractivity contribution in [3.63, 3.8) is 0 Å². The number of hydrogen-bond donors (Lipinski definition) is 1. The Morgan fingerprint density at radius 3 is 2.35 bits per heavy atom. The summed E-state index contributed by atoms with van der Waals surface area (Å²) in [6.45, 7) is 8.66. The van der Waals surface area contributed by atoms with E-state index in [0.717, 1.165) is 35.0 Å². The molecule has 2 unspecified atom stereocenters. The van der Waals surface area contributed by atoms with Crippen LogP contribution in [0.5, 0.6) is 0 Å². The van der Waals surface area contributed by atoms with Gasteiger partial charge in [-0.3, -0.25) is 0 Å². The van der Waals surface area contributed by atoms with Crippen LogP contribution in [0.4, 0.5) is 5.69 Å². The fourth-order valence-corrected chi connectivity index (χ4v) is 3.09. The van der Waals surface area contributed by atoms with E-state index >= 15 is 0 Å². The summed E-state index contributed by atoms with van der Waals surface area (Å²) in [5.74, 6) is 1.51. The van der Waals surface area contributed by atoms with Gasteiger partial charge in [-0.05, 0) is 36.5 Å². The van der Waals surface area contributed by atoms with E-state index in [9.17, 15) is 5.11 Å². The third-order valence-corrected chi connectivity index (χ3v) is 4.47. The Kier molecular flexibility index (Phi) is 3.79. The molecule has 0 amide bonds. The number of benzene rings is 1. The number of aliphatic hydroxyl groups excluding tert-OH is 1. The summed E-state index contributed by atoms with van der Waals surface area (Å²) < 4.78 is 0.997. The summed E-state index contributed by atoms with van der Waals surface area (Å²) in [5, 5.41) is 9.60. The van der Waals surface area contributed by atoms with Crippen molar-refractivity contribution >= 4 is 21.6 Å². The molecule has 1 fully saturated rings. The lowest BCUT2D eigenvalue weighted by atomic mass is 10.0. The van der Waals surface area contributed by atoms with Crippen LogP contribution in [0.15, 0.2) is 22.7 Å². The highest BCUT2D eigenvalue weighted by Crippen LogP contribution is 2.32. The molecule has 0 bridgehead atoms. The van der Waals surface area contributed by atoms with Crippen molar-refractivity contribution < 1.29 is 5.11 Å². The van der Waals surface area contributed by atoms with Crippen LogP contribution >= 0.6 is 15.9 Å². The average molecular weight is 298 g/mol. The quantitative estimate of drug-likeness (QED) is 0.902. The fourth-order valence-electron chi connectivity index (χ4n) is 2.39. The third kappa shape index (κ3) is 2.66. The summed E-state index contributed by atoms with van der Waals surface area (Å²) >= 11 is 3.54. The molecular weight excluding hydrogens is 278 g/mol. The molecule has 1 aliphatic heterocycles. The second-order valence-corrected chi connectivity index (χ2v) is 6.10. The van der Waals surface area contributed by atoms with Crippen molar-refractivity contribution in [1.82, 2.24) is 0 Å². The first-order valence-electron chi connectivity index (χ1n) is 6.21. The first-order chi connectivity index (χ1) is 7.99. The van der Waals surface area contributed by atoms with E-state index in [1.54, 1.807) is 6.92 Å². The molecular formula is C14H20BrNO. The summed E-state index contributed by atoms with van der Waals surface area (Å²) in [7, 11) is 0. The van der Waals surface area contributed by atoms with E-state index in [0.29, 0.717) is 0 Å². The Hall–Kier alpha value is -0.540. The Morgan fingerprint density at radius 2 is 1.88 bits per heavy atom. The van der Waals surface area contributed by atoms with E-state index in [-0.39, 0.29) is 0 Å². The zero-order valence-corrected chi connectivity index (χ0v) is 12.2. The van der Waals surface area contributed by atoms with E-state index in [2.05, 4.69) is 46.8 Å². The lowest BCUT2D eigenvalue weighted by Gasteiger charge is -2.20. The highest BCUT2D eigenvalue weighted by Gasteiger charge is 2.26. The van der Waals surface area contributed by atoms with Gasteiger partial charge in [0.25, 0.3) is 0 Å². The predicted molar refractivity (Wildman–Crippen MR) is 75.3 cm³/mol. The minimum atomic E-state index is -0.421. The molecule has 0 saturated carbocycles. The Bertz CT molecular complexity index is 395. The molecule has 2 rings (SSSR count). The van der Waals surface area contributed by atoms with Gasteiger partial charge in [-0.1, -0.05) is 35.8 Å². The van der Waals surface area contributed by atoms with Crippen LogP contribution in [0.25, 0.3) is 0 Å². The van der Waals surface area contributed by atoms with Crippen LogP contribution in [0.3, 0.4) is 0 Å². The predicted octanol–water partition coefficient (Wildman–Crippen LogP) is 3.59. The van der Waals surface area contributed by atoms with Crippen molar-refractivity contribution in [3.8, 4) is 0 Å². The van der Waals surface area contributed by atoms with Gasteiger partial charge in [0.2, 0.25) is 0 Å². The molecule has 0 spiro atoms. The highest BCUT2D eigenvalue weighted by molar-refractivity contribution is 9.10. The first kappa shape index (κ1) is 12.9. The molecule has 2 nitrogen and oxygen atoms in total. The Balaban J connectivity index is 2.21. The molecule has 1 aromatic carbocycles. The van der Waals surface area contributed by atoms with Gasteiger partial charge < -0.3 is 10.0 Å². The molecule has 3 atom stereocenters. The molecule has 0 aliphatic carbocycles. The molecule has 94 valence electrons. The lowest BCUT2D eigenvalue weighted by Crippen LogP contribution is -2.19. The average Bonchev–Trinajstić information content (AvgIpc) is 2.58. The summed E-state index contributed by atoms with van der Waals surface area (Å²) in [5.41, 5.74) is 2.20. The van der Waals surface area contributed by atoms with Crippen LogP contribution in [-0.4, -0.2) is 18.2 Å². The first-order valence-corrected chi connectivity index (χ1v) is 7.00. The molecule has 0 radical (unpaired) electrons. The SMILES string of the molecule is CC1CN(c2ccc([C@H](C)O)c(Br)c2)CC1C. The molecule has 1 aliphatic rings. The van der Waals surface area contributed by atoms with Crippen molar-refractivity contribution in [2.45, 2.75) is 26.9 Å². The van der Waals surface area contributed by atoms with Gasteiger partial charge in [-0.25, -0.2) is 0 Å². The molecule has 1 aromatic rings. The van der Waals surface area contributed by atoms with E-state index < -0.39 is 6.10 Å². The maximum Gasteiger partial charge on any atom is 0.0772 e. The zero-order chi connectivity index (χ0) is 12.6. The maximum atomic E-state index is 9.60. The normalized spacial score (nSPS) is 26.3. The lowest BCUT2D eigenvalue weighted by molar-refractivity contribution is 0.198. The van der Waals surface area contributed by atoms with Crippen LogP contribution in [0, 0.1) is 11.8 Å². The number of rotatable bonds is 2. The smallest absolute Gasteiger partial charge is 0.0772 e. The van der Waals surface area contributed by atoms with Gasteiger partial charge in [0, 0.05) is 23.2 Å². The van der Waals surface area contributed by atoms with Gasteiger partial charge in [0.15, 0.2) is 0 Å². The van der Waals surface area contributed by atoms with Gasteiger partial charge in [-0.15, -0.1) is 0 Å². The molecule has 1 heterocycles. The maximum absolute atomic E-state index is 9.60. The molecule has 1 N–H and O–H groups in total. The van der Waals surface area contributed by atoms with Crippen molar-refractivity contribution in [2.75, 3.05) is 18.0 Å². The minimum Gasteiger partial charge on any atom is -0.389 e. The number of nitrogens with zero attached hydrogens (tertiary/aromatic N) is 1. The summed E-state index contributed by atoms with van der Waals surface area (Å²) in [4.78, 5) is 2.42. The molecule has 0 aromatic heterocycles. The van der Waals surface area contributed by atoms with Crippen LogP contribution in [0.1, 0.15) is 32.4 Å². The summed E-state index contributed by atoms with van der Waals surface area (Å²) in [6.07, 6.45) is -0.421. The highest BCUT2D eigenvalue weighted by atomic mass is 79.9. The molecule has 3 heteroatoms. The van der Waals surface area contributed by atoms with Gasteiger partial charge in [0.05, 0.1) is 6.10 Å². The Morgan fingerprint density at radius 1 is 1.29 bits per heavy atom. The van der Waals surface area contributed by atoms with Crippen molar-refractivity contribution in [3.05, 3.63) is 28.2 Å². The van der Waals surface area contributed by atoms with Crippen molar-refractivity contribution in [1.29, 1.82) is 0 Å². The standard InChI is InChI=1S/C14H20BrNO/c1-9-7-16(8-10(9)2)12-4-5-13(11(3)17)14(15)6-12/h4-6,9-11,17H,7-8H2,1-3H3/t9?,10?,11-/m0/s1. The van der Waals surface area contributed by atoms with Crippen LogP contribution in [0.2, 0.25) is 0 Å². The van der Waals surface area contributed by atoms with E-state index in [1.807, 2.05) is 6.07 Å². The third-order valence-electron chi connectivity index (χ3n) is 3.79. The fraction of sp³-hybridized carbons (Fsp3) is 0.571. The van der Waals surface area contributed by atoms with Crippen molar-refractivity contribution in [2.24, 2.45) is 11.8 Å². The zero-order valence-electron chi connectivity index (χ0n) is 10.7. The van der Waals surface area contributed by atoms with Crippen LogP contribution in [-0.2, 0) is 0 Å².